The van der Waals surface area contributed by atoms with Crippen molar-refractivity contribution < 1.29 is 4.79 Å². The normalized spacial score (nSPS) is 21.7. The summed E-state index contributed by atoms with van der Waals surface area (Å²) in [7, 11) is 0. The number of hydrogen-bond donors (Lipinski definition) is 2. The van der Waals surface area contributed by atoms with Crippen LogP contribution in [0.1, 0.15) is 30.0 Å². The van der Waals surface area contributed by atoms with Crippen LogP contribution in [0.3, 0.4) is 0 Å². The summed E-state index contributed by atoms with van der Waals surface area (Å²) in [6.45, 7) is 2.01. The van der Waals surface area contributed by atoms with Crippen LogP contribution in [-0.2, 0) is 0 Å². The molecule has 0 bridgehead atoms. The second kappa shape index (κ2) is 3.81. The Morgan fingerprint density at radius 1 is 1.29 bits per heavy atom. The van der Waals surface area contributed by atoms with Crippen LogP contribution in [0, 0.1) is 24.7 Å². The maximum Gasteiger partial charge on any atom is 0.320 e. The number of urea groups is 1. The van der Waals surface area contributed by atoms with E-state index in [1.165, 1.54) is 12.8 Å². The van der Waals surface area contributed by atoms with Gasteiger partial charge in [0.2, 0.25) is 0 Å². The van der Waals surface area contributed by atoms with Crippen LogP contribution in [0.25, 0.3) is 0 Å². The molecule has 1 aromatic carbocycles. The van der Waals surface area contributed by atoms with Gasteiger partial charge in [0.25, 0.3) is 0 Å². The van der Waals surface area contributed by atoms with Gasteiger partial charge in [0.15, 0.2) is 0 Å². The molecule has 2 aliphatic rings. The highest BCUT2D eigenvalue weighted by Gasteiger charge is 2.23. The molecule has 2 N–H and O–H groups in total. The zero-order chi connectivity index (χ0) is 11.8. The minimum atomic E-state index is -0.168. The van der Waals surface area contributed by atoms with Crippen LogP contribution in [0.5, 0.6) is 0 Å². The SMILES string of the molecule is Cc1ccc2c(c1)NC(=O)N[C@H]2C#CC1CC1. The molecule has 1 aromatic rings. The second-order valence-corrected chi connectivity index (χ2v) is 4.69. The summed E-state index contributed by atoms with van der Waals surface area (Å²) in [6.07, 6.45) is 2.40. The molecule has 0 spiro atoms. The third kappa shape index (κ3) is 2.12. The number of nitrogens with one attached hydrogen (secondary N) is 2. The van der Waals surface area contributed by atoms with E-state index in [0.29, 0.717) is 5.92 Å². The van der Waals surface area contributed by atoms with Gasteiger partial charge in [0, 0.05) is 17.2 Å². The van der Waals surface area contributed by atoms with Gasteiger partial charge in [0.05, 0.1) is 0 Å². The van der Waals surface area contributed by atoms with Crippen molar-refractivity contribution in [2.24, 2.45) is 5.92 Å². The first kappa shape index (κ1) is 10.2. The molecule has 2 amide bonds. The van der Waals surface area contributed by atoms with E-state index in [4.69, 9.17) is 0 Å². The number of carbonyl (C=O) groups excluding carboxylic acids is 1. The van der Waals surface area contributed by atoms with Crippen molar-refractivity contribution in [3.05, 3.63) is 29.3 Å². The van der Waals surface area contributed by atoms with Crippen molar-refractivity contribution in [1.82, 2.24) is 5.32 Å². The van der Waals surface area contributed by atoms with E-state index in [-0.39, 0.29) is 12.1 Å². The molecular formula is C14H14N2O. The molecule has 0 aromatic heterocycles. The highest BCUT2D eigenvalue weighted by atomic mass is 16.2. The molecule has 3 rings (SSSR count). The van der Waals surface area contributed by atoms with Gasteiger partial charge in [-0.05, 0) is 31.4 Å². The molecule has 86 valence electrons. The molecule has 1 fully saturated rings. The van der Waals surface area contributed by atoms with Crippen LogP contribution in [0.15, 0.2) is 18.2 Å². The van der Waals surface area contributed by atoms with Gasteiger partial charge in [-0.2, -0.15) is 0 Å². The Labute approximate surface area is 101 Å². The van der Waals surface area contributed by atoms with Gasteiger partial charge in [-0.3, -0.25) is 0 Å². The highest BCUT2D eigenvalue weighted by molar-refractivity contribution is 5.93. The Morgan fingerprint density at radius 2 is 2.12 bits per heavy atom. The minimum absolute atomic E-state index is 0.167. The van der Waals surface area contributed by atoms with Crippen molar-refractivity contribution in [1.29, 1.82) is 0 Å². The van der Waals surface area contributed by atoms with Crippen LogP contribution in [0.4, 0.5) is 10.5 Å². The van der Waals surface area contributed by atoms with Gasteiger partial charge in [0.1, 0.15) is 6.04 Å². The molecule has 1 saturated carbocycles. The van der Waals surface area contributed by atoms with Crippen LogP contribution < -0.4 is 10.6 Å². The predicted molar refractivity (Wildman–Crippen MR) is 66.6 cm³/mol. The lowest BCUT2D eigenvalue weighted by Gasteiger charge is -2.24. The summed E-state index contributed by atoms with van der Waals surface area (Å²) in [6, 6.07) is 5.73. The van der Waals surface area contributed by atoms with Crippen molar-refractivity contribution in [2.75, 3.05) is 5.32 Å². The zero-order valence-corrected chi connectivity index (χ0v) is 9.71. The number of amides is 2. The quantitative estimate of drug-likeness (QED) is 0.656. The number of anilines is 1. The van der Waals surface area contributed by atoms with E-state index < -0.39 is 0 Å². The molecule has 17 heavy (non-hydrogen) atoms. The number of rotatable bonds is 0. The maximum atomic E-state index is 11.5. The average Bonchev–Trinajstić information content (AvgIpc) is 3.08. The summed E-state index contributed by atoms with van der Waals surface area (Å²) in [5, 5.41) is 5.67. The minimum Gasteiger partial charge on any atom is -0.320 e. The number of aryl methyl sites for hydroxylation is 1. The molecule has 1 aliphatic carbocycles. The summed E-state index contributed by atoms with van der Waals surface area (Å²) >= 11 is 0. The van der Waals surface area contributed by atoms with Crippen molar-refractivity contribution in [3.8, 4) is 11.8 Å². The fourth-order valence-corrected chi connectivity index (χ4v) is 1.94. The summed E-state index contributed by atoms with van der Waals surface area (Å²) in [4.78, 5) is 11.5. The van der Waals surface area contributed by atoms with Crippen molar-refractivity contribution >= 4 is 11.7 Å². The molecule has 1 heterocycles. The van der Waals surface area contributed by atoms with E-state index in [1.807, 2.05) is 25.1 Å². The molecule has 3 heteroatoms. The van der Waals surface area contributed by atoms with E-state index in [0.717, 1.165) is 16.8 Å². The number of benzene rings is 1. The molecule has 1 aliphatic heterocycles. The fraction of sp³-hybridized carbons (Fsp3) is 0.357. The van der Waals surface area contributed by atoms with Gasteiger partial charge in [-0.25, -0.2) is 4.79 Å². The average molecular weight is 226 g/mol. The third-order valence-corrected chi connectivity index (χ3v) is 3.05. The maximum absolute atomic E-state index is 11.5. The standard InChI is InChI=1S/C14H14N2O/c1-9-2-6-11-12(7-5-10-3-4-10)15-14(17)16-13(11)8-9/h2,6,8,10,12H,3-4H2,1H3,(H2,15,16,17)/t12-/m0/s1. The van der Waals surface area contributed by atoms with Gasteiger partial charge in [-0.15, -0.1) is 0 Å². The highest BCUT2D eigenvalue weighted by Crippen LogP contribution is 2.30. The van der Waals surface area contributed by atoms with Crippen molar-refractivity contribution in [3.63, 3.8) is 0 Å². The van der Waals surface area contributed by atoms with Crippen LogP contribution in [0.2, 0.25) is 0 Å². The Morgan fingerprint density at radius 3 is 2.88 bits per heavy atom. The number of carbonyl (C=O) groups is 1. The first-order valence-electron chi connectivity index (χ1n) is 5.91. The molecule has 3 nitrogen and oxygen atoms in total. The molecular weight excluding hydrogens is 212 g/mol. The summed E-state index contributed by atoms with van der Waals surface area (Å²) in [5.41, 5.74) is 3.08. The first-order chi connectivity index (χ1) is 8.22. The lowest BCUT2D eigenvalue weighted by atomic mass is 10.0. The lowest BCUT2D eigenvalue weighted by molar-refractivity contribution is 0.249. The Hall–Kier alpha value is -1.95. The molecule has 1 atom stereocenters. The second-order valence-electron chi connectivity index (χ2n) is 4.69. The van der Waals surface area contributed by atoms with E-state index in [2.05, 4.69) is 22.5 Å². The van der Waals surface area contributed by atoms with Gasteiger partial charge >= 0.3 is 6.03 Å². The Balaban J connectivity index is 1.96. The first-order valence-corrected chi connectivity index (χ1v) is 5.91. The van der Waals surface area contributed by atoms with Gasteiger partial charge < -0.3 is 10.6 Å². The van der Waals surface area contributed by atoms with Crippen molar-refractivity contribution in [2.45, 2.75) is 25.8 Å². The van der Waals surface area contributed by atoms with Crippen LogP contribution in [-0.4, -0.2) is 6.03 Å². The topological polar surface area (TPSA) is 41.1 Å². The van der Waals surface area contributed by atoms with E-state index in [1.54, 1.807) is 0 Å². The predicted octanol–water partition coefficient (Wildman–Crippen LogP) is 2.58. The number of fused-ring (bicyclic) bond motifs is 1. The Kier molecular flexibility index (Phi) is 2.29. The molecule has 0 saturated heterocycles. The molecule has 0 radical (unpaired) electrons. The van der Waals surface area contributed by atoms with E-state index in [9.17, 15) is 4.79 Å². The largest absolute Gasteiger partial charge is 0.320 e. The lowest BCUT2D eigenvalue weighted by Crippen LogP contribution is -2.37. The summed E-state index contributed by atoms with van der Waals surface area (Å²) in [5.74, 6) is 6.93. The summed E-state index contributed by atoms with van der Waals surface area (Å²) < 4.78 is 0. The fourth-order valence-electron chi connectivity index (χ4n) is 1.94. The monoisotopic (exact) mass is 226 g/mol. The molecule has 0 unspecified atom stereocenters. The Bertz CT molecular complexity index is 535. The van der Waals surface area contributed by atoms with E-state index >= 15 is 0 Å². The van der Waals surface area contributed by atoms with Gasteiger partial charge in [-0.1, -0.05) is 24.0 Å². The third-order valence-electron chi connectivity index (χ3n) is 3.05. The number of hydrogen-bond acceptors (Lipinski definition) is 1. The zero-order valence-electron chi connectivity index (χ0n) is 9.71. The smallest absolute Gasteiger partial charge is 0.320 e. The van der Waals surface area contributed by atoms with Crippen LogP contribution >= 0.6 is 0 Å².